The van der Waals surface area contributed by atoms with Crippen molar-refractivity contribution in [3.63, 3.8) is 0 Å². The van der Waals surface area contributed by atoms with Crippen molar-refractivity contribution in [1.29, 1.82) is 0 Å². The van der Waals surface area contributed by atoms with E-state index in [2.05, 4.69) is 22.0 Å². The van der Waals surface area contributed by atoms with Crippen molar-refractivity contribution in [2.75, 3.05) is 38.2 Å². The van der Waals surface area contributed by atoms with Crippen LogP contribution in [0.25, 0.3) is 6.08 Å². The smallest absolute Gasteiger partial charge is 0.246 e. The number of anilines is 2. The summed E-state index contributed by atoms with van der Waals surface area (Å²) < 4.78 is 5.23. The van der Waals surface area contributed by atoms with Crippen LogP contribution in [0.1, 0.15) is 24.6 Å². The molecule has 0 aliphatic carbocycles. The van der Waals surface area contributed by atoms with Gasteiger partial charge in [0.05, 0.1) is 18.5 Å². The van der Waals surface area contributed by atoms with Crippen LogP contribution in [0.15, 0.2) is 66.1 Å². The molecule has 8 heteroatoms. The maximum atomic E-state index is 12.8. The molecule has 0 bridgehead atoms. The van der Waals surface area contributed by atoms with Crippen LogP contribution >= 0.6 is 11.3 Å². The van der Waals surface area contributed by atoms with Crippen LogP contribution in [0.5, 0.6) is 5.75 Å². The summed E-state index contributed by atoms with van der Waals surface area (Å²) in [6.07, 6.45) is 4.24. The standard InChI is InChI=1S/C27H30N4O3S/c1-21(32)31(24-7-4-3-5-8-24)27-28-23(20-35-27)11-14-26(33)30-16-6-15-29(17-18-30)19-22-9-12-25(34-2)13-10-22/h3-5,7-14,20H,6,15-19H2,1-2H3/b14-11+. The molecule has 0 atom stereocenters. The predicted octanol–water partition coefficient (Wildman–Crippen LogP) is 4.58. The zero-order valence-corrected chi connectivity index (χ0v) is 20.9. The number of hydrogen-bond donors (Lipinski definition) is 0. The molecular weight excluding hydrogens is 460 g/mol. The molecule has 2 amide bonds. The van der Waals surface area contributed by atoms with Crippen LogP contribution in [-0.2, 0) is 16.1 Å². The summed E-state index contributed by atoms with van der Waals surface area (Å²) in [5, 5.41) is 2.44. The maximum absolute atomic E-state index is 12.8. The first-order chi connectivity index (χ1) is 17.0. The quantitative estimate of drug-likeness (QED) is 0.454. The number of amides is 2. The van der Waals surface area contributed by atoms with E-state index in [1.54, 1.807) is 24.2 Å². The molecule has 1 aliphatic heterocycles. The SMILES string of the molecule is COc1ccc(CN2CCCN(C(=O)/C=C/c3csc(N(C(C)=O)c4ccccc4)n3)CC2)cc1. The summed E-state index contributed by atoms with van der Waals surface area (Å²) >= 11 is 1.38. The van der Waals surface area contributed by atoms with Gasteiger partial charge in [0.2, 0.25) is 11.8 Å². The molecule has 35 heavy (non-hydrogen) atoms. The van der Waals surface area contributed by atoms with Gasteiger partial charge in [0.1, 0.15) is 5.75 Å². The molecule has 0 spiro atoms. The molecule has 1 aliphatic rings. The molecule has 0 radical (unpaired) electrons. The molecule has 182 valence electrons. The van der Waals surface area contributed by atoms with Gasteiger partial charge in [-0.3, -0.25) is 19.4 Å². The van der Waals surface area contributed by atoms with Gasteiger partial charge in [-0.05, 0) is 42.3 Å². The molecule has 2 aromatic carbocycles. The predicted molar refractivity (Wildman–Crippen MR) is 140 cm³/mol. The van der Waals surface area contributed by atoms with E-state index < -0.39 is 0 Å². The lowest BCUT2D eigenvalue weighted by atomic mass is 10.2. The summed E-state index contributed by atoms with van der Waals surface area (Å²) in [4.78, 5) is 35.5. The third kappa shape index (κ3) is 6.55. The lowest BCUT2D eigenvalue weighted by molar-refractivity contribution is -0.125. The maximum Gasteiger partial charge on any atom is 0.246 e. The number of para-hydroxylation sites is 1. The number of rotatable bonds is 7. The minimum absolute atomic E-state index is 0.0164. The minimum atomic E-state index is -0.110. The monoisotopic (exact) mass is 490 g/mol. The fourth-order valence-corrected chi connectivity index (χ4v) is 4.92. The number of benzene rings is 2. The Morgan fingerprint density at radius 3 is 2.54 bits per heavy atom. The minimum Gasteiger partial charge on any atom is -0.497 e. The van der Waals surface area contributed by atoms with Crippen molar-refractivity contribution in [3.8, 4) is 5.75 Å². The molecule has 1 aromatic heterocycles. The Balaban J connectivity index is 1.34. The number of nitrogens with zero attached hydrogens (tertiary/aromatic N) is 4. The van der Waals surface area contributed by atoms with Gasteiger partial charge in [-0.25, -0.2) is 4.98 Å². The summed E-state index contributed by atoms with van der Waals surface area (Å²) in [6.45, 7) is 5.58. The Kier molecular flexibility index (Phi) is 8.28. The first kappa shape index (κ1) is 24.6. The van der Waals surface area contributed by atoms with Crippen LogP contribution in [0.2, 0.25) is 0 Å². The Morgan fingerprint density at radius 2 is 1.83 bits per heavy atom. The second kappa shape index (κ2) is 11.8. The molecule has 1 saturated heterocycles. The van der Waals surface area contributed by atoms with Crippen molar-refractivity contribution in [1.82, 2.24) is 14.8 Å². The van der Waals surface area contributed by atoms with Crippen molar-refractivity contribution in [3.05, 3.63) is 77.3 Å². The topological polar surface area (TPSA) is 66.0 Å². The van der Waals surface area contributed by atoms with E-state index in [1.807, 2.05) is 52.7 Å². The summed E-state index contributed by atoms with van der Waals surface area (Å²) in [6, 6.07) is 17.6. The molecule has 4 rings (SSSR count). The Labute approximate surface area is 210 Å². The zero-order valence-electron chi connectivity index (χ0n) is 20.1. The number of hydrogen-bond acceptors (Lipinski definition) is 6. The molecule has 0 unspecified atom stereocenters. The Hall–Kier alpha value is -3.49. The zero-order chi connectivity index (χ0) is 24.6. The average Bonchev–Trinajstić information content (AvgIpc) is 3.20. The summed E-state index contributed by atoms with van der Waals surface area (Å²) in [5.41, 5.74) is 2.67. The van der Waals surface area contributed by atoms with Crippen molar-refractivity contribution >= 4 is 40.0 Å². The van der Waals surface area contributed by atoms with Crippen LogP contribution in [0, 0.1) is 0 Å². The van der Waals surface area contributed by atoms with E-state index in [1.165, 1.54) is 23.8 Å². The number of carbonyl (C=O) groups excluding carboxylic acids is 2. The van der Waals surface area contributed by atoms with Crippen LogP contribution in [0.4, 0.5) is 10.8 Å². The lowest BCUT2D eigenvalue weighted by Crippen LogP contribution is -2.34. The van der Waals surface area contributed by atoms with Gasteiger partial charge in [-0.15, -0.1) is 11.3 Å². The molecule has 0 N–H and O–H groups in total. The van der Waals surface area contributed by atoms with Crippen molar-refractivity contribution in [2.24, 2.45) is 0 Å². The van der Waals surface area contributed by atoms with Crippen LogP contribution in [-0.4, -0.2) is 59.9 Å². The highest BCUT2D eigenvalue weighted by Gasteiger charge is 2.19. The highest BCUT2D eigenvalue weighted by molar-refractivity contribution is 7.14. The van der Waals surface area contributed by atoms with Gasteiger partial charge in [0, 0.05) is 51.1 Å². The summed E-state index contributed by atoms with van der Waals surface area (Å²) in [7, 11) is 1.67. The fourth-order valence-electron chi connectivity index (χ4n) is 4.06. The average molecular weight is 491 g/mol. The van der Waals surface area contributed by atoms with Crippen LogP contribution < -0.4 is 9.64 Å². The van der Waals surface area contributed by atoms with Gasteiger partial charge >= 0.3 is 0 Å². The van der Waals surface area contributed by atoms with E-state index in [9.17, 15) is 9.59 Å². The van der Waals surface area contributed by atoms with Crippen molar-refractivity contribution in [2.45, 2.75) is 19.9 Å². The first-order valence-electron chi connectivity index (χ1n) is 11.7. The molecule has 3 aromatic rings. The Bertz CT molecular complexity index is 1160. The normalized spacial score (nSPS) is 14.6. The van der Waals surface area contributed by atoms with Gasteiger partial charge in [-0.1, -0.05) is 30.3 Å². The number of carbonyl (C=O) groups is 2. The summed E-state index contributed by atoms with van der Waals surface area (Å²) in [5.74, 6) is 0.729. The molecule has 0 saturated carbocycles. The molecule has 7 nitrogen and oxygen atoms in total. The van der Waals surface area contributed by atoms with Gasteiger partial charge in [-0.2, -0.15) is 0 Å². The van der Waals surface area contributed by atoms with Crippen molar-refractivity contribution < 1.29 is 14.3 Å². The number of ether oxygens (including phenoxy) is 1. The van der Waals surface area contributed by atoms with Gasteiger partial charge in [0.15, 0.2) is 5.13 Å². The van der Waals surface area contributed by atoms with E-state index in [-0.39, 0.29) is 11.8 Å². The van der Waals surface area contributed by atoms with E-state index in [0.29, 0.717) is 17.4 Å². The van der Waals surface area contributed by atoms with E-state index in [0.717, 1.165) is 44.0 Å². The molecule has 1 fully saturated rings. The second-order valence-electron chi connectivity index (χ2n) is 8.38. The highest BCUT2D eigenvalue weighted by atomic mass is 32.1. The lowest BCUT2D eigenvalue weighted by Gasteiger charge is -2.21. The van der Waals surface area contributed by atoms with E-state index >= 15 is 0 Å². The number of thiazole rings is 1. The Morgan fingerprint density at radius 1 is 1.06 bits per heavy atom. The highest BCUT2D eigenvalue weighted by Crippen LogP contribution is 2.29. The third-order valence-electron chi connectivity index (χ3n) is 5.89. The number of aromatic nitrogens is 1. The van der Waals surface area contributed by atoms with Gasteiger partial charge < -0.3 is 9.64 Å². The van der Waals surface area contributed by atoms with E-state index in [4.69, 9.17) is 4.74 Å². The third-order valence-corrected chi connectivity index (χ3v) is 6.74. The van der Waals surface area contributed by atoms with Crippen LogP contribution in [0.3, 0.4) is 0 Å². The van der Waals surface area contributed by atoms with Gasteiger partial charge in [0.25, 0.3) is 0 Å². The second-order valence-corrected chi connectivity index (χ2v) is 9.22. The first-order valence-corrected chi connectivity index (χ1v) is 12.5. The number of methoxy groups -OCH3 is 1. The molecule has 2 heterocycles. The molecular formula is C27H30N4O3S. The largest absolute Gasteiger partial charge is 0.497 e. The fraction of sp³-hybridized carbons (Fsp3) is 0.296.